The predicted molar refractivity (Wildman–Crippen MR) is 105 cm³/mol. The summed E-state index contributed by atoms with van der Waals surface area (Å²) in [6.45, 7) is 1.01. The molecule has 0 radical (unpaired) electrons. The molecule has 2 atom stereocenters. The maximum Gasteiger partial charge on any atom is 0.295 e. The van der Waals surface area contributed by atoms with Crippen LogP contribution in [0.2, 0.25) is 0 Å². The van der Waals surface area contributed by atoms with Crippen LogP contribution in [-0.2, 0) is 14.3 Å². The fourth-order valence-corrected chi connectivity index (χ4v) is 4.57. The van der Waals surface area contributed by atoms with Gasteiger partial charge in [0.2, 0.25) is 0 Å². The summed E-state index contributed by atoms with van der Waals surface area (Å²) >= 11 is 1.46. The van der Waals surface area contributed by atoms with Gasteiger partial charge in [-0.2, -0.15) is 0 Å². The molecule has 2 aliphatic heterocycles. The van der Waals surface area contributed by atoms with Gasteiger partial charge in [0.25, 0.3) is 11.7 Å². The maximum atomic E-state index is 12.9. The van der Waals surface area contributed by atoms with E-state index < -0.39 is 17.7 Å². The first-order valence-electron chi connectivity index (χ1n) is 9.18. The van der Waals surface area contributed by atoms with Gasteiger partial charge in [0, 0.05) is 23.6 Å². The van der Waals surface area contributed by atoms with Crippen LogP contribution in [0.5, 0.6) is 5.75 Å². The Hall–Kier alpha value is -2.64. The number of likely N-dealkylation sites (tertiary alicyclic amines) is 1. The molecule has 4 rings (SSSR count). The van der Waals surface area contributed by atoms with E-state index in [-0.39, 0.29) is 17.4 Å². The number of carbonyl (C=O) groups is 2. The Morgan fingerprint density at radius 3 is 2.68 bits per heavy atom. The Kier molecular flexibility index (Phi) is 5.19. The van der Waals surface area contributed by atoms with Crippen molar-refractivity contribution < 1.29 is 24.2 Å². The van der Waals surface area contributed by atoms with Gasteiger partial charge >= 0.3 is 0 Å². The highest BCUT2D eigenvalue weighted by molar-refractivity contribution is 7.10. The zero-order valence-corrected chi connectivity index (χ0v) is 16.3. The molecule has 0 spiro atoms. The lowest BCUT2D eigenvalue weighted by atomic mass is 9.99. The Morgan fingerprint density at radius 1 is 1.29 bits per heavy atom. The summed E-state index contributed by atoms with van der Waals surface area (Å²) in [6.07, 6.45) is 1.73. The van der Waals surface area contributed by atoms with Crippen molar-refractivity contribution >= 4 is 28.8 Å². The van der Waals surface area contributed by atoms with Crippen LogP contribution in [0.25, 0.3) is 5.76 Å². The average Bonchev–Trinajstić information content (AvgIpc) is 3.46. The van der Waals surface area contributed by atoms with E-state index in [1.807, 2.05) is 17.5 Å². The van der Waals surface area contributed by atoms with Crippen LogP contribution in [-0.4, -0.2) is 48.1 Å². The third-order valence-corrected chi connectivity index (χ3v) is 6.07. The van der Waals surface area contributed by atoms with Gasteiger partial charge in [-0.1, -0.05) is 6.07 Å². The van der Waals surface area contributed by atoms with Gasteiger partial charge in [-0.15, -0.1) is 11.3 Å². The van der Waals surface area contributed by atoms with Crippen molar-refractivity contribution in [3.63, 3.8) is 0 Å². The van der Waals surface area contributed by atoms with Gasteiger partial charge in [-0.25, -0.2) is 0 Å². The number of hydrogen-bond donors (Lipinski definition) is 1. The maximum absolute atomic E-state index is 12.9. The van der Waals surface area contributed by atoms with E-state index in [1.54, 1.807) is 36.3 Å². The first kappa shape index (κ1) is 18.7. The molecule has 2 aromatic rings. The number of ketones is 1. The fourth-order valence-electron chi connectivity index (χ4n) is 3.72. The van der Waals surface area contributed by atoms with Crippen molar-refractivity contribution in [3.05, 3.63) is 57.8 Å². The molecule has 6 nitrogen and oxygen atoms in total. The summed E-state index contributed by atoms with van der Waals surface area (Å²) in [5.74, 6) is -0.784. The number of carbonyl (C=O) groups excluding carboxylic acids is 2. The molecular weight excluding hydrogens is 378 g/mol. The standard InChI is InChI=1S/C21H21NO5S/c1-26-14-8-6-13(7-9-14)19(23)17-18(16-5-3-11-28-16)22(21(25)20(17)24)12-15-4-2-10-27-15/h3,5-9,11,15,18,23H,2,4,10,12H2,1H3/b19-17+/t15-,18-/m0/s1. The number of hydrogen-bond acceptors (Lipinski definition) is 6. The molecule has 1 N–H and O–H groups in total. The molecule has 0 unspecified atom stereocenters. The van der Waals surface area contributed by atoms with Crippen LogP contribution in [0.3, 0.4) is 0 Å². The third-order valence-electron chi connectivity index (χ3n) is 5.14. The second-order valence-corrected chi connectivity index (χ2v) is 7.81. The zero-order chi connectivity index (χ0) is 19.7. The van der Waals surface area contributed by atoms with E-state index in [0.717, 1.165) is 17.7 Å². The van der Waals surface area contributed by atoms with Crippen LogP contribution in [0, 0.1) is 0 Å². The lowest BCUT2D eigenvalue weighted by Crippen LogP contribution is -2.36. The molecule has 0 bridgehead atoms. The predicted octanol–water partition coefficient (Wildman–Crippen LogP) is 3.36. The first-order valence-corrected chi connectivity index (χ1v) is 10.1. The van der Waals surface area contributed by atoms with Gasteiger partial charge in [-0.3, -0.25) is 9.59 Å². The fraction of sp³-hybridized carbons (Fsp3) is 0.333. The van der Waals surface area contributed by atoms with Crippen molar-refractivity contribution in [2.24, 2.45) is 0 Å². The summed E-state index contributed by atoms with van der Waals surface area (Å²) in [5, 5.41) is 12.8. The second kappa shape index (κ2) is 7.77. The molecule has 2 fully saturated rings. The van der Waals surface area contributed by atoms with Gasteiger partial charge < -0.3 is 19.5 Å². The smallest absolute Gasteiger partial charge is 0.295 e. The summed E-state index contributed by atoms with van der Waals surface area (Å²) < 4.78 is 10.8. The molecule has 1 aromatic carbocycles. The molecular formula is C21H21NO5S. The van der Waals surface area contributed by atoms with Crippen molar-refractivity contribution in [2.75, 3.05) is 20.3 Å². The number of rotatable bonds is 5. The summed E-state index contributed by atoms with van der Waals surface area (Å²) in [6, 6.07) is 9.91. The minimum atomic E-state index is -0.662. The minimum absolute atomic E-state index is 0.0818. The molecule has 1 aromatic heterocycles. The quantitative estimate of drug-likeness (QED) is 0.474. The molecule has 7 heteroatoms. The van der Waals surface area contributed by atoms with E-state index in [2.05, 4.69) is 0 Å². The summed E-state index contributed by atoms with van der Waals surface area (Å²) in [5.41, 5.74) is 0.591. The minimum Gasteiger partial charge on any atom is -0.507 e. The van der Waals surface area contributed by atoms with Crippen molar-refractivity contribution in [3.8, 4) is 5.75 Å². The van der Waals surface area contributed by atoms with Gasteiger partial charge in [0.1, 0.15) is 11.5 Å². The molecule has 2 aliphatic rings. The van der Waals surface area contributed by atoms with Crippen LogP contribution < -0.4 is 4.74 Å². The van der Waals surface area contributed by atoms with Crippen LogP contribution in [0.1, 0.15) is 29.3 Å². The van der Waals surface area contributed by atoms with Crippen molar-refractivity contribution in [1.82, 2.24) is 4.90 Å². The zero-order valence-electron chi connectivity index (χ0n) is 15.5. The van der Waals surface area contributed by atoms with Crippen LogP contribution in [0.4, 0.5) is 0 Å². The van der Waals surface area contributed by atoms with Crippen molar-refractivity contribution in [1.29, 1.82) is 0 Å². The highest BCUT2D eigenvalue weighted by Gasteiger charge is 2.47. The molecule has 28 heavy (non-hydrogen) atoms. The number of thiophene rings is 1. The Bertz CT molecular complexity index is 897. The van der Waals surface area contributed by atoms with E-state index in [4.69, 9.17) is 9.47 Å². The van der Waals surface area contributed by atoms with E-state index >= 15 is 0 Å². The highest BCUT2D eigenvalue weighted by atomic mass is 32.1. The molecule has 0 aliphatic carbocycles. The number of methoxy groups -OCH3 is 1. The number of ether oxygens (including phenoxy) is 2. The largest absolute Gasteiger partial charge is 0.507 e. The third kappa shape index (κ3) is 3.31. The molecule has 1 amide bonds. The number of aliphatic hydroxyl groups is 1. The van der Waals surface area contributed by atoms with Gasteiger partial charge in [-0.05, 0) is 48.6 Å². The topological polar surface area (TPSA) is 76.1 Å². The number of amides is 1. The van der Waals surface area contributed by atoms with E-state index in [0.29, 0.717) is 24.5 Å². The van der Waals surface area contributed by atoms with E-state index in [9.17, 15) is 14.7 Å². The number of benzene rings is 1. The first-order chi connectivity index (χ1) is 13.6. The number of nitrogens with zero attached hydrogens (tertiary/aromatic N) is 1. The molecule has 0 saturated carbocycles. The van der Waals surface area contributed by atoms with Crippen molar-refractivity contribution in [2.45, 2.75) is 25.0 Å². The molecule has 146 valence electrons. The number of Topliss-reactive ketones (excluding diaryl/α,β-unsaturated/α-hetero) is 1. The Morgan fingerprint density at radius 2 is 2.07 bits per heavy atom. The second-order valence-electron chi connectivity index (χ2n) is 6.83. The lowest BCUT2D eigenvalue weighted by Gasteiger charge is -2.26. The number of aliphatic hydroxyl groups excluding tert-OH is 1. The van der Waals surface area contributed by atoms with Gasteiger partial charge in [0.05, 0.1) is 24.8 Å². The monoisotopic (exact) mass is 399 g/mol. The SMILES string of the molecule is COc1ccc(/C(O)=C2\C(=O)C(=O)N(C[C@@H]3CCCO3)[C@H]2c2cccs2)cc1. The summed E-state index contributed by atoms with van der Waals surface area (Å²) in [7, 11) is 1.56. The average molecular weight is 399 g/mol. The Labute approximate surface area is 167 Å². The van der Waals surface area contributed by atoms with Crippen LogP contribution in [0.15, 0.2) is 47.4 Å². The van der Waals surface area contributed by atoms with E-state index in [1.165, 1.54) is 11.3 Å². The lowest BCUT2D eigenvalue weighted by molar-refractivity contribution is -0.140. The van der Waals surface area contributed by atoms with Crippen LogP contribution >= 0.6 is 11.3 Å². The highest BCUT2D eigenvalue weighted by Crippen LogP contribution is 2.41. The normalized spacial score (nSPS) is 24.1. The molecule has 3 heterocycles. The molecule has 2 saturated heterocycles. The summed E-state index contributed by atoms with van der Waals surface area (Å²) in [4.78, 5) is 28.0. The van der Waals surface area contributed by atoms with Gasteiger partial charge in [0.15, 0.2) is 0 Å². The Balaban J connectivity index is 1.76.